The summed E-state index contributed by atoms with van der Waals surface area (Å²) in [5.41, 5.74) is 0. The van der Waals surface area contributed by atoms with Crippen molar-refractivity contribution >= 4 is 0 Å². The molecule has 0 spiro atoms. The van der Waals surface area contributed by atoms with Crippen molar-refractivity contribution in [2.24, 2.45) is 5.92 Å². The highest BCUT2D eigenvalue weighted by atomic mass is 16.3. The number of furan rings is 1. The van der Waals surface area contributed by atoms with Crippen LogP contribution in [0.4, 0.5) is 0 Å². The number of hydrogen-bond donors (Lipinski definition) is 1. The fourth-order valence-corrected chi connectivity index (χ4v) is 1.92. The molecule has 1 aliphatic carbocycles. The zero-order valence-electron chi connectivity index (χ0n) is 8.12. The van der Waals surface area contributed by atoms with Crippen LogP contribution in [0.25, 0.3) is 0 Å². The van der Waals surface area contributed by atoms with Gasteiger partial charge < -0.3 is 9.73 Å². The van der Waals surface area contributed by atoms with Crippen molar-refractivity contribution in [3.63, 3.8) is 0 Å². The van der Waals surface area contributed by atoms with Crippen LogP contribution in [0.5, 0.6) is 0 Å². The van der Waals surface area contributed by atoms with Gasteiger partial charge in [-0.3, -0.25) is 0 Å². The minimum absolute atomic E-state index is 0.768. The van der Waals surface area contributed by atoms with Crippen LogP contribution in [0.2, 0.25) is 0 Å². The molecule has 1 fully saturated rings. The molecule has 2 heteroatoms. The third kappa shape index (κ3) is 2.34. The Balaban J connectivity index is 1.59. The molecule has 1 aromatic rings. The molecule has 72 valence electrons. The van der Waals surface area contributed by atoms with Crippen molar-refractivity contribution < 1.29 is 4.42 Å². The van der Waals surface area contributed by atoms with Crippen LogP contribution in [0.3, 0.4) is 0 Å². The lowest BCUT2D eigenvalue weighted by Crippen LogP contribution is -2.40. The molecule has 0 radical (unpaired) electrons. The smallest absolute Gasteiger partial charge is 0.105 e. The van der Waals surface area contributed by atoms with Crippen LogP contribution in [-0.4, -0.2) is 12.6 Å². The van der Waals surface area contributed by atoms with Crippen LogP contribution in [-0.2, 0) is 6.42 Å². The highest BCUT2D eigenvalue weighted by molar-refractivity contribution is 4.98. The fourth-order valence-electron chi connectivity index (χ4n) is 1.92. The van der Waals surface area contributed by atoms with Crippen molar-refractivity contribution in [1.29, 1.82) is 0 Å². The minimum Gasteiger partial charge on any atom is -0.469 e. The third-order valence-electron chi connectivity index (χ3n) is 2.76. The minimum atomic E-state index is 0.768. The lowest BCUT2D eigenvalue weighted by Gasteiger charge is -2.33. The van der Waals surface area contributed by atoms with Gasteiger partial charge in [0.25, 0.3) is 0 Å². The van der Waals surface area contributed by atoms with Crippen molar-refractivity contribution in [2.45, 2.75) is 32.2 Å². The summed E-state index contributed by atoms with van der Waals surface area (Å²) in [5, 5.41) is 3.53. The van der Waals surface area contributed by atoms with Gasteiger partial charge in [-0.25, -0.2) is 0 Å². The summed E-state index contributed by atoms with van der Waals surface area (Å²) >= 11 is 0. The Hall–Kier alpha value is -0.760. The highest BCUT2D eigenvalue weighted by Crippen LogP contribution is 2.25. The van der Waals surface area contributed by atoms with Gasteiger partial charge in [-0.1, -0.05) is 6.92 Å². The van der Waals surface area contributed by atoms with E-state index < -0.39 is 0 Å². The van der Waals surface area contributed by atoms with Crippen molar-refractivity contribution in [3.05, 3.63) is 24.2 Å². The van der Waals surface area contributed by atoms with E-state index in [9.17, 15) is 0 Å². The molecule has 0 amide bonds. The Bertz CT molecular complexity index is 237. The van der Waals surface area contributed by atoms with Gasteiger partial charge in [0, 0.05) is 19.0 Å². The van der Waals surface area contributed by atoms with Crippen molar-refractivity contribution in [3.8, 4) is 0 Å². The van der Waals surface area contributed by atoms with E-state index in [0.717, 1.165) is 30.7 Å². The predicted molar refractivity (Wildman–Crippen MR) is 52.6 cm³/mol. The van der Waals surface area contributed by atoms with E-state index in [2.05, 4.69) is 12.2 Å². The Morgan fingerprint density at radius 3 is 3.00 bits per heavy atom. The molecule has 1 saturated carbocycles. The topological polar surface area (TPSA) is 25.2 Å². The number of hydrogen-bond acceptors (Lipinski definition) is 2. The van der Waals surface area contributed by atoms with Gasteiger partial charge in [0.15, 0.2) is 0 Å². The first-order valence-electron chi connectivity index (χ1n) is 5.10. The number of nitrogens with one attached hydrogen (secondary N) is 1. The first-order chi connectivity index (χ1) is 6.34. The molecule has 1 aromatic heterocycles. The maximum atomic E-state index is 5.25. The van der Waals surface area contributed by atoms with Gasteiger partial charge in [0.1, 0.15) is 5.76 Å². The van der Waals surface area contributed by atoms with Gasteiger partial charge in [0.2, 0.25) is 0 Å². The first kappa shape index (κ1) is 8.82. The van der Waals surface area contributed by atoms with E-state index in [1.165, 1.54) is 12.8 Å². The summed E-state index contributed by atoms with van der Waals surface area (Å²) in [4.78, 5) is 0. The molecule has 13 heavy (non-hydrogen) atoms. The normalized spacial score (nSPS) is 27.2. The van der Waals surface area contributed by atoms with E-state index in [1.807, 2.05) is 12.1 Å². The van der Waals surface area contributed by atoms with E-state index in [4.69, 9.17) is 4.42 Å². The molecule has 1 heterocycles. The van der Waals surface area contributed by atoms with Crippen LogP contribution in [0, 0.1) is 5.92 Å². The monoisotopic (exact) mass is 179 g/mol. The van der Waals surface area contributed by atoms with Gasteiger partial charge in [0.05, 0.1) is 6.26 Å². The Labute approximate surface area is 79.3 Å². The second-order valence-corrected chi connectivity index (χ2v) is 4.06. The van der Waals surface area contributed by atoms with Crippen LogP contribution >= 0.6 is 0 Å². The van der Waals surface area contributed by atoms with E-state index in [0.29, 0.717) is 0 Å². The lowest BCUT2D eigenvalue weighted by atomic mass is 9.82. The molecule has 0 atom stereocenters. The van der Waals surface area contributed by atoms with Gasteiger partial charge in [-0.2, -0.15) is 0 Å². The Kier molecular flexibility index (Phi) is 2.69. The fraction of sp³-hybridized carbons (Fsp3) is 0.636. The number of rotatable bonds is 4. The molecule has 0 saturated heterocycles. The standard InChI is InChI=1S/C11H17NO/c1-9-7-10(8-9)12-5-4-11-3-2-6-13-11/h2-3,6,9-10,12H,4-5,7-8H2,1H3. The summed E-state index contributed by atoms with van der Waals surface area (Å²) < 4.78 is 5.25. The van der Waals surface area contributed by atoms with E-state index >= 15 is 0 Å². The zero-order valence-corrected chi connectivity index (χ0v) is 8.12. The summed E-state index contributed by atoms with van der Waals surface area (Å²) in [6.07, 6.45) is 5.44. The summed E-state index contributed by atoms with van der Waals surface area (Å²) in [6, 6.07) is 4.75. The van der Waals surface area contributed by atoms with E-state index in [1.54, 1.807) is 6.26 Å². The van der Waals surface area contributed by atoms with Crippen molar-refractivity contribution in [1.82, 2.24) is 5.32 Å². The molecule has 0 aliphatic heterocycles. The van der Waals surface area contributed by atoms with Crippen LogP contribution in [0.1, 0.15) is 25.5 Å². The molecule has 0 aromatic carbocycles. The Morgan fingerprint density at radius 2 is 2.38 bits per heavy atom. The molecule has 0 unspecified atom stereocenters. The molecular formula is C11H17NO. The maximum Gasteiger partial charge on any atom is 0.105 e. The highest BCUT2D eigenvalue weighted by Gasteiger charge is 2.24. The molecule has 2 rings (SSSR count). The quantitative estimate of drug-likeness (QED) is 0.766. The van der Waals surface area contributed by atoms with Crippen molar-refractivity contribution in [2.75, 3.05) is 6.54 Å². The zero-order chi connectivity index (χ0) is 9.10. The summed E-state index contributed by atoms with van der Waals surface area (Å²) in [6.45, 7) is 3.36. The maximum absolute atomic E-state index is 5.25. The molecule has 2 nitrogen and oxygen atoms in total. The van der Waals surface area contributed by atoms with Crippen LogP contribution < -0.4 is 5.32 Å². The average Bonchev–Trinajstić information content (AvgIpc) is 2.53. The average molecular weight is 179 g/mol. The lowest BCUT2D eigenvalue weighted by molar-refractivity contribution is 0.242. The van der Waals surface area contributed by atoms with Crippen LogP contribution in [0.15, 0.2) is 22.8 Å². The molecule has 0 bridgehead atoms. The second-order valence-electron chi connectivity index (χ2n) is 4.06. The summed E-state index contributed by atoms with van der Waals surface area (Å²) in [7, 11) is 0. The Morgan fingerprint density at radius 1 is 1.54 bits per heavy atom. The van der Waals surface area contributed by atoms with E-state index in [-0.39, 0.29) is 0 Å². The molecule has 1 N–H and O–H groups in total. The molecule has 1 aliphatic rings. The molecular weight excluding hydrogens is 162 g/mol. The van der Waals surface area contributed by atoms with Gasteiger partial charge in [-0.15, -0.1) is 0 Å². The largest absolute Gasteiger partial charge is 0.469 e. The second kappa shape index (κ2) is 3.97. The SMILES string of the molecule is CC1CC(NCCc2ccco2)C1. The first-order valence-corrected chi connectivity index (χ1v) is 5.10. The third-order valence-corrected chi connectivity index (χ3v) is 2.76. The van der Waals surface area contributed by atoms with Gasteiger partial charge >= 0.3 is 0 Å². The summed E-state index contributed by atoms with van der Waals surface area (Å²) in [5.74, 6) is 2.01. The predicted octanol–water partition coefficient (Wildman–Crippen LogP) is 2.21. The van der Waals surface area contributed by atoms with Gasteiger partial charge in [-0.05, 0) is 30.9 Å².